The highest BCUT2D eigenvalue weighted by Crippen LogP contribution is 2.19. The fraction of sp³-hybridized carbons (Fsp3) is 0.818. The first-order chi connectivity index (χ1) is 7.72. The zero-order chi connectivity index (χ0) is 11.5. The van der Waals surface area contributed by atoms with Gasteiger partial charge in [0.25, 0.3) is 0 Å². The SMILES string of the molecule is CC[C@@H]1CCCCN1Cn1ncn(C)c1=S. The van der Waals surface area contributed by atoms with Crippen molar-refractivity contribution in [1.82, 2.24) is 19.2 Å². The number of likely N-dealkylation sites (tertiary alicyclic amines) is 1. The third-order valence-corrected chi connectivity index (χ3v) is 3.92. The lowest BCUT2D eigenvalue weighted by molar-refractivity contribution is 0.100. The number of aryl methyl sites for hydroxylation is 1. The van der Waals surface area contributed by atoms with Crippen LogP contribution in [-0.4, -0.2) is 31.8 Å². The van der Waals surface area contributed by atoms with Crippen LogP contribution in [0.1, 0.15) is 32.6 Å². The molecule has 2 rings (SSSR count). The molecule has 5 heteroatoms. The van der Waals surface area contributed by atoms with Gasteiger partial charge < -0.3 is 4.57 Å². The molecule has 1 saturated heterocycles. The van der Waals surface area contributed by atoms with Crippen molar-refractivity contribution in [1.29, 1.82) is 0 Å². The zero-order valence-electron chi connectivity index (χ0n) is 10.1. The molecule has 0 aromatic carbocycles. The van der Waals surface area contributed by atoms with Crippen molar-refractivity contribution in [2.24, 2.45) is 7.05 Å². The number of hydrogen-bond donors (Lipinski definition) is 0. The van der Waals surface area contributed by atoms with E-state index in [1.165, 1.54) is 32.2 Å². The standard InChI is InChI=1S/C11H20N4S/c1-3-10-6-4-5-7-14(10)9-15-11(16)13(2)8-12-15/h8,10H,3-7,9H2,1-2H3/t10-/m1/s1. The van der Waals surface area contributed by atoms with E-state index in [2.05, 4.69) is 16.9 Å². The van der Waals surface area contributed by atoms with E-state index in [9.17, 15) is 0 Å². The highest BCUT2D eigenvalue weighted by molar-refractivity contribution is 7.71. The molecule has 0 N–H and O–H groups in total. The summed E-state index contributed by atoms with van der Waals surface area (Å²) >= 11 is 5.31. The molecule has 1 aromatic rings. The summed E-state index contributed by atoms with van der Waals surface area (Å²) in [4.78, 5) is 2.51. The fourth-order valence-electron chi connectivity index (χ4n) is 2.40. The highest BCUT2D eigenvalue weighted by atomic mass is 32.1. The minimum absolute atomic E-state index is 0.706. The van der Waals surface area contributed by atoms with Gasteiger partial charge in [-0.2, -0.15) is 5.10 Å². The average molecular weight is 240 g/mol. The van der Waals surface area contributed by atoms with Crippen LogP contribution in [0.3, 0.4) is 0 Å². The molecule has 0 bridgehead atoms. The molecule has 0 spiro atoms. The fourth-order valence-corrected chi connectivity index (χ4v) is 2.55. The first-order valence-electron chi connectivity index (χ1n) is 6.05. The molecule has 1 fully saturated rings. The monoisotopic (exact) mass is 240 g/mol. The van der Waals surface area contributed by atoms with Crippen molar-refractivity contribution in [3.05, 3.63) is 11.1 Å². The lowest BCUT2D eigenvalue weighted by Crippen LogP contribution is -2.40. The Kier molecular flexibility index (Phi) is 3.76. The van der Waals surface area contributed by atoms with Crippen molar-refractivity contribution in [2.75, 3.05) is 6.54 Å². The van der Waals surface area contributed by atoms with Crippen molar-refractivity contribution in [3.8, 4) is 0 Å². The minimum Gasteiger partial charge on any atom is -0.310 e. The van der Waals surface area contributed by atoms with Crippen molar-refractivity contribution in [2.45, 2.75) is 45.3 Å². The summed E-state index contributed by atoms with van der Waals surface area (Å²) in [5.74, 6) is 0. The predicted molar refractivity (Wildman–Crippen MR) is 66.7 cm³/mol. The van der Waals surface area contributed by atoms with Crippen LogP contribution in [0.15, 0.2) is 6.33 Å². The summed E-state index contributed by atoms with van der Waals surface area (Å²) in [7, 11) is 1.94. The molecule has 1 aliphatic rings. The van der Waals surface area contributed by atoms with E-state index in [1.807, 2.05) is 16.3 Å². The lowest BCUT2D eigenvalue weighted by Gasteiger charge is -2.34. The van der Waals surface area contributed by atoms with Gasteiger partial charge >= 0.3 is 0 Å². The predicted octanol–water partition coefficient (Wildman–Crippen LogP) is 2.17. The molecule has 0 unspecified atom stereocenters. The summed E-state index contributed by atoms with van der Waals surface area (Å²) in [5, 5.41) is 4.31. The van der Waals surface area contributed by atoms with Crippen LogP contribution < -0.4 is 0 Å². The Hall–Kier alpha value is -0.680. The van der Waals surface area contributed by atoms with Crippen LogP contribution >= 0.6 is 12.2 Å². The second kappa shape index (κ2) is 5.10. The molecule has 16 heavy (non-hydrogen) atoms. The van der Waals surface area contributed by atoms with Gasteiger partial charge in [-0.1, -0.05) is 13.3 Å². The largest absolute Gasteiger partial charge is 0.310 e. The molecule has 1 aromatic heterocycles. The van der Waals surface area contributed by atoms with Crippen LogP contribution in [0.4, 0.5) is 0 Å². The van der Waals surface area contributed by atoms with E-state index in [0.717, 1.165) is 11.4 Å². The summed E-state index contributed by atoms with van der Waals surface area (Å²) in [5.41, 5.74) is 0. The van der Waals surface area contributed by atoms with Gasteiger partial charge in [0.2, 0.25) is 0 Å². The molecule has 4 nitrogen and oxygen atoms in total. The zero-order valence-corrected chi connectivity index (χ0v) is 10.9. The molecule has 2 heterocycles. The molecule has 90 valence electrons. The summed E-state index contributed by atoms with van der Waals surface area (Å²) < 4.78 is 4.62. The Morgan fingerprint density at radius 3 is 2.94 bits per heavy atom. The minimum atomic E-state index is 0.706. The van der Waals surface area contributed by atoms with Crippen LogP contribution in [0.2, 0.25) is 0 Å². The molecule has 0 saturated carbocycles. The molecule has 0 aliphatic carbocycles. The van der Waals surface area contributed by atoms with Gasteiger partial charge in [0.1, 0.15) is 6.33 Å². The Labute approximate surface area is 102 Å². The summed E-state index contributed by atoms with van der Waals surface area (Å²) in [6.45, 7) is 4.29. The summed E-state index contributed by atoms with van der Waals surface area (Å²) in [6, 6.07) is 0.706. The third kappa shape index (κ3) is 2.35. The van der Waals surface area contributed by atoms with E-state index in [-0.39, 0.29) is 0 Å². The average Bonchev–Trinajstić information content (AvgIpc) is 2.62. The van der Waals surface area contributed by atoms with Crippen molar-refractivity contribution >= 4 is 12.2 Å². The number of aromatic nitrogens is 3. The smallest absolute Gasteiger partial charge is 0.198 e. The quantitative estimate of drug-likeness (QED) is 0.757. The van der Waals surface area contributed by atoms with E-state index in [4.69, 9.17) is 12.2 Å². The molecule has 0 amide bonds. The van der Waals surface area contributed by atoms with Gasteiger partial charge in [-0.05, 0) is 31.5 Å². The molecule has 0 radical (unpaired) electrons. The van der Waals surface area contributed by atoms with Crippen LogP contribution in [-0.2, 0) is 13.7 Å². The van der Waals surface area contributed by atoms with Crippen molar-refractivity contribution in [3.63, 3.8) is 0 Å². The Bertz CT molecular complexity index is 395. The van der Waals surface area contributed by atoms with Gasteiger partial charge in [-0.3, -0.25) is 4.90 Å². The number of hydrogen-bond acceptors (Lipinski definition) is 3. The van der Waals surface area contributed by atoms with E-state index in [0.29, 0.717) is 6.04 Å². The first kappa shape index (κ1) is 11.8. The van der Waals surface area contributed by atoms with Crippen LogP contribution in [0.25, 0.3) is 0 Å². The molecule has 1 atom stereocenters. The van der Waals surface area contributed by atoms with E-state index >= 15 is 0 Å². The van der Waals surface area contributed by atoms with Gasteiger partial charge in [-0.15, -0.1) is 0 Å². The van der Waals surface area contributed by atoms with E-state index in [1.54, 1.807) is 6.33 Å². The molecular formula is C11H20N4S. The van der Waals surface area contributed by atoms with Crippen LogP contribution in [0, 0.1) is 4.77 Å². The van der Waals surface area contributed by atoms with Crippen molar-refractivity contribution < 1.29 is 0 Å². The number of nitrogens with zero attached hydrogens (tertiary/aromatic N) is 4. The first-order valence-corrected chi connectivity index (χ1v) is 6.45. The normalized spacial score (nSPS) is 22.5. The maximum atomic E-state index is 5.31. The van der Waals surface area contributed by atoms with Gasteiger partial charge in [-0.25, -0.2) is 4.68 Å². The van der Waals surface area contributed by atoms with Crippen LogP contribution in [0.5, 0.6) is 0 Å². The Morgan fingerprint density at radius 1 is 1.50 bits per heavy atom. The topological polar surface area (TPSA) is 26.0 Å². The maximum Gasteiger partial charge on any atom is 0.198 e. The third-order valence-electron chi connectivity index (χ3n) is 3.42. The second-order valence-corrected chi connectivity index (χ2v) is 4.90. The Balaban J connectivity index is 2.08. The highest BCUT2D eigenvalue weighted by Gasteiger charge is 2.21. The number of rotatable bonds is 3. The number of piperidine rings is 1. The Morgan fingerprint density at radius 2 is 2.31 bits per heavy atom. The van der Waals surface area contributed by atoms with Gasteiger partial charge in [0.15, 0.2) is 4.77 Å². The maximum absolute atomic E-state index is 5.31. The summed E-state index contributed by atoms with van der Waals surface area (Å²) in [6.07, 6.45) is 6.99. The molecular weight excluding hydrogens is 220 g/mol. The molecule has 1 aliphatic heterocycles. The lowest BCUT2D eigenvalue weighted by atomic mass is 10.0. The van der Waals surface area contributed by atoms with Gasteiger partial charge in [0.05, 0.1) is 6.67 Å². The second-order valence-electron chi connectivity index (χ2n) is 4.54. The van der Waals surface area contributed by atoms with E-state index < -0.39 is 0 Å². The van der Waals surface area contributed by atoms with Gasteiger partial charge in [0, 0.05) is 19.6 Å².